The Balaban J connectivity index is 1.73. The van der Waals surface area contributed by atoms with Crippen molar-refractivity contribution in [2.45, 2.75) is 32.6 Å². The third-order valence-corrected chi connectivity index (χ3v) is 4.53. The Morgan fingerprint density at radius 1 is 1.26 bits per heavy atom. The van der Waals surface area contributed by atoms with E-state index in [-0.39, 0.29) is 17.7 Å². The summed E-state index contributed by atoms with van der Waals surface area (Å²) in [6, 6.07) is 7.53. The summed E-state index contributed by atoms with van der Waals surface area (Å²) in [4.78, 5) is 26.3. The number of nitrogens with zero attached hydrogens (tertiary/aromatic N) is 1. The Hall–Kier alpha value is -2.28. The van der Waals surface area contributed by atoms with Crippen LogP contribution < -0.4 is 20.5 Å². The fraction of sp³-hybridized carbons (Fsp3) is 0.600. The van der Waals surface area contributed by atoms with Crippen molar-refractivity contribution < 1.29 is 19.1 Å². The zero-order valence-corrected chi connectivity index (χ0v) is 16.1. The molecule has 1 aromatic carbocycles. The predicted octanol–water partition coefficient (Wildman–Crippen LogP) is 1.56. The third-order valence-electron chi connectivity index (χ3n) is 4.53. The molecule has 0 aliphatic carbocycles. The van der Waals surface area contributed by atoms with Crippen LogP contribution in [0.4, 0.5) is 0 Å². The minimum Gasteiger partial charge on any atom is -0.490 e. The zero-order chi connectivity index (χ0) is 19.5. The maximum atomic E-state index is 12.5. The van der Waals surface area contributed by atoms with Crippen molar-refractivity contribution in [3.63, 3.8) is 0 Å². The van der Waals surface area contributed by atoms with E-state index in [0.29, 0.717) is 63.7 Å². The van der Waals surface area contributed by atoms with Crippen LogP contribution in [0.5, 0.6) is 11.5 Å². The molecular formula is C20H31N3O4. The SMILES string of the molecule is CCOc1ccccc1OCCCC(=O)N1CCCC(C(=O)NCCN)C1. The van der Waals surface area contributed by atoms with Gasteiger partial charge in [0.1, 0.15) is 0 Å². The van der Waals surface area contributed by atoms with Crippen LogP contribution in [0.15, 0.2) is 24.3 Å². The molecule has 0 radical (unpaired) electrons. The highest BCUT2D eigenvalue weighted by atomic mass is 16.5. The van der Waals surface area contributed by atoms with Crippen LogP contribution in [0.2, 0.25) is 0 Å². The number of hydrogen-bond acceptors (Lipinski definition) is 5. The van der Waals surface area contributed by atoms with Crippen molar-refractivity contribution in [2.24, 2.45) is 11.7 Å². The average Bonchev–Trinajstić information content (AvgIpc) is 2.70. The van der Waals surface area contributed by atoms with Crippen LogP contribution in [0.1, 0.15) is 32.6 Å². The first kappa shape index (κ1) is 21.0. The summed E-state index contributed by atoms with van der Waals surface area (Å²) < 4.78 is 11.3. The summed E-state index contributed by atoms with van der Waals surface area (Å²) in [6.45, 7) is 5.06. The molecule has 1 atom stereocenters. The Labute approximate surface area is 161 Å². The topological polar surface area (TPSA) is 93.9 Å². The highest BCUT2D eigenvalue weighted by Crippen LogP contribution is 2.26. The van der Waals surface area contributed by atoms with Gasteiger partial charge < -0.3 is 25.4 Å². The van der Waals surface area contributed by atoms with Crippen LogP contribution in [0.3, 0.4) is 0 Å². The third kappa shape index (κ3) is 6.75. The number of para-hydroxylation sites is 2. The molecule has 0 saturated carbocycles. The fourth-order valence-electron chi connectivity index (χ4n) is 3.17. The number of likely N-dealkylation sites (tertiary alicyclic amines) is 1. The maximum Gasteiger partial charge on any atom is 0.224 e. The van der Waals surface area contributed by atoms with E-state index in [9.17, 15) is 9.59 Å². The Bertz CT molecular complexity index is 609. The van der Waals surface area contributed by atoms with Crippen molar-refractivity contribution in [3.05, 3.63) is 24.3 Å². The number of nitrogens with one attached hydrogen (secondary N) is 1. The maximum absolute atomic E-state index is 12.5. The van der Waals surface area contributed by atoms with E-state index in [1.54, 1.807) is 4.90 Å². The second-order valence-corrected chi connectivity index (χ2v) is 6.59. The lowest BCUT2D eigenvalue weighted by molar-refractivity contribution is -0.135. The minimum absolute atomic E-state index is 0.00573. The lowest BCUT2D eigenvalue weighted by Crippen LogP contribution is -2.46. The summed E-state index contributed by atoms with van der Waals surface area (Å²) in [6.07, 6.45) is 2.70. The van der Waals surface area contributed by atoms with Gasteiger partial charge in [0, 0.05) is 32.6 Å². The minimum atomic E-state index is -0.136. The standard InChI is InChI=1S/C20H31N3O4/c1-2-26-17-8-3-4-9-18(17)27-14-6-10-19(24)23-13-5-7-16(15-23)20(25)22-12-11-21/h3-4,8-9,16H,2,5-7,10-15,21H2,1H3,(H,22,25). The molecule has 7 heteroatoms. The number of carbonyl (C=O) groups is 2. The summed E-state index contributed by atoms with van der Waals surface area (Å²) >= 11 is 0. The van der Waals surface area contributed by atoms with E-state index in [0.717, 1.165) is 12.8 Å². The molecule has 1 heterocycles. The number of hydrogen-bond donors (Lipinski definition) is 2. The van der Waals surface area contributed by atoms with Gasteiger partial charge in [-0.15, -0.1) is 0 Å². The number of benzene rings is 1. The van der Waals surface area contributed by atoms with E-state index < -0.39 is 0 Å². The van der Waals surface area contributed by atoms with Crippen molar-refractivity contribution in [1.29, 1.82) is 0 Å². The van der Waals surface area contributed by atoms with Crippen molar-refractivity contribution >= 4 is 11.8 Å². The molecule has 1 saturated heterocycles. The molecule has 27 heavy (non-hydrogen) atoms. The van der Waals surface area contributed by atoms with E-state index >= 15 is 0 Å². The second-order valence-electron chi connectivity index (χ2n) is 6.59. The van der Waals surface area contributed by atoms with Crippen LogP contribution in [0, 0.1) is 5.92 Å². The Morgan fingerprint density at radius 2 is 2.00 bits per heavy atom. The van der Waals surface area contributed by atoms with Gasteiger partial charge in [-0.05, 0) is 38.3 Å². The van der Waals surface area contributed by atoms with Gasteiger partial charge in [-0.2, -0.15) is 0 Å². The summed E-state index contributed by atoms with van der Waals surface area (Å²) in [5.74, 6) is 1.35. The first-order chi connectivity index (χ1) is 13.2. The lowest BCUT2D eigenvalue weighted by Gasteiger charge is -2.32. The number of piperidine rings is 1. The first-order valence-electron chi connectivity index (χ1n) is 9.75. The highest BCUT2D eigenvalue weighted by molar-refractivity contribution is 5.81. The smallest absolute Gasteiger partial charge is 0.224 e. The van der Waals surface area contributed by atoms with Crippen LogP contribution in [-0.2, 0) is 9.59 Å². The quantitative estimate of drug-likeness (QED) is 0.604. The molecule has 0 aromatic heterocycles. The van der Waals surface area contributed by atoms with Gasteiger partial charge >= 0.3 is 0 Å². The van der Waals surface area contributed by atoms with Crippen LogP contribution in [0.25, 0.3) is 0 Å². The fourth-order valence-corrected chi connectivity index (χ4v) is 3.17. The molecule has 0 bridgehead atoms. The molecular weight excluding hydrogens is 346 g/mol. The summed E-state index contributed by atoms with van der Waals surface area (Å²) in [5.41, 5.74) is 5.42. The van der Waals surface area contributed by atoms with Gasteiger partial charge in [0.2, 0.25) is 11.8 Å². The number of rotatable bonds is 10. The molecule has 0 spiro atoms. The van der Waals surface area contributed by atoms with Crippen LogP contribution in [-0.4, -0.2) is 56.1 Å². The molecule has 1 aliphatic heterocycles. The molecule has 1 unspecified atom stereocenters. The largest absolute Gasteiger partial charge is 0.490 e. The summed E-state index contributed by atoms with van der Waals surface area (Å²) in [7, 11) is 0. The second kappa shape index (κ2) is 11.4. The molecule has 2 amide bonds. The number of carbonyl (C=O) groups excluding carboxylic acids is 2. The predicted molar refractivity (Wildman–Crippen MR) is 104 cm³/mol. The molecule has 3 N–H and O–H groups in total. The van der Waals surface area contributed by atoms with Gasteiger partial charge in [0.25, 0.3) is 0 Å². The lowest BCUT2D eigenvalue weighted by atomic mass is 9.96. The number of amides is 2. The normalized spacial score (nSPS) is 16.7. The molecule has 1 aromatic rings. The molecule has 1 fully saturated rings. The van der Waals surface area contributed by atoms with E-state index in [4.69, 9.17) is 15.2 Å². The Kier molecular flexibility index (Phi) is 8.91. The highest BCUT2D eigenvalue weighted by Gasteiger charge is 2.27. The average molecular weight is 377 g/mol. The van der Waals surface area contributed by atoms with Gasteiger partial charge in [0.05, 0.1) is 19.1 Å². The molecule has 7 nitrogen and oxygen atoms in total. The Morgan fingerprint density at radius 3 is 2.70 bits per heavy atom. The first-order valence-corrected chi connectivity index (χ1v) is 9.75. The number of nitrogens with two attached hydrogens (primary N) is 1. The van der Waals surface area contributed by atoms with Crippen molar-refractivity contribution in [3.8, 4) is 11.5 Å². The van der Waals surface area contributed by atoms with Gasteiger partial charge in [0.15, 0.2) is 11.5 Å². The van der Waals surface area contributed by atoms with E-state index in [1.807, 2.05) is 31.2 Å². The monoisotopic (exact) mass is 377 g/mol. The van der Waals surface area contributed by atoms with Gasteiger partial charge in [-0.1, -0.05) is 12.1 Å². The van der Waals surface area contributed by atoms with Gasteiger partial charge in [-0.3, -0.25) is 9.59 Å². The van der Waals surface area contributed by atoms with Gasteiger partial charge in [-0.25, -0.2) is 0 Å². The zero-order valence-electron chi connectivity index (χ0n) is 16.1. The van der Waals surface area contributed by atoms with E-state index in [1.165, 1.54) is 0 Å². The molecule has 1 aliphatic rings. The number of ether oxygens (including phenoxy) is 2. The summed E-state index contributed by atoms with van der Waals surface area (Å²) in [5, 5.41) is 2.81. The van der Waals surface area contributed by atoms with Crippen molar-refractivity contribution in [2.75, 3.05) is 39.4 Å². The molecule has 150 valence electrons. The molecule has 2 rings (SSSR count). The van der Waals surface area contributed by atoms with Crippen molar-refractivity contribution in [1.82, 2.24) is 10.2 Å². The van der Waals surface area contributed by atoms with E-state index in [2.05, 4.69) is 5.32 Å². The van der Waals surface area contributed by atoms with Crippen LogP contribution >= 0.6 is 0 Å².